The minimum atomic E-state index is -1.16. The van der Waals surface area contributed by atoms with Gasteiger partial charge in [0.15, 0.2) is 0 Å². The van der Waals surface area contributed by atoms with Crippen molar-refractivity contribution in [2.45, 2.75) is 6.61 Å². The molecule has 0 aliphatic heterocycles. The highest BCUT2D eigenvalue weighted by Crippen LogP contribution is 2.30. The summed E-state index contributed by atoms with van der Waals surface area (Å²) in [5, 5.41) is 9.05. The van der Waals surface area contributed by atoms with Crippen LogP contribution in [0.2, 0.25) is 10.0 Å². The number of carbonyl (C=O) groups is 1. The predicted molar refractivity (Wildman–Crippen MR) is 74.2 cm³/mol. The maximum absolute atomic E-state index is 10.9. The quantitative estimate of drug-likeness (QED) is 0.916. The largest absolute Gasteiger partial charge is 0.489 e. The molecule has 98 valence electrons. The Labute approximate surface area is 120 Å². The summed E-state index contributed by atoms with van der Waals surface area (Å²) in [6.45, 7) is 0.361. The maximum atomic E-state index is 10.9. The SMILES string of the molecule is O=C(O)c1c(Cl)cc(OCc2ccccc2)cc1Cl. The number of benzene rings is 2. The van der Waals surface area contributed by atoms with E-state index in [2.05, 4.69) is 0 Å². The monoisotopic (exact) mass is 296 g/mol. The molecule has 0 atom stereocenters. The average molecular weight is 297 g/mol. The van der Waals surface area contributed by atoms with E-state index in [0.29, 0.717) is 12.4 Å². The first-order chi connectivity index (χ1) is 9.08. The Bertz CT molecular complexity index is 574. The lowest BCUT2D eigenvalue weighted by Crippen LogP contribution is -2.01. The standard InChI is InChI=1S/C14H10Cl2O3/c15-11-6-10(7-12(16)13(11)14(17)18)19-8-9-4-2-1-3-5-9/h1-7H,8H2,(H,17,18). The fourth-order valence-corrected chi connectivity index (χ4v) is 2.21. The van der Waals surface area contributed by atoms with E-state index in [-0.39, 0.29) is 15.6 Å². The zero-order chi connectivity index (χ0) is 13.8. The predicted octanol–water partition coefficient (Wildman–Crippen LogP) is 4.27. The number of hydrogen-bond acceptors (Lipinski definition) is 2. The Morgan fingerprint density at radius 2 is 1.68 bits per heavy atom. The molecule has 0 bridgehead atoms. The molecule has 0 fully saturated rings. The average Bonchev–Trinajstić information content (AvgIpc) is 2.36. The molecule has 0 saturated carbocycles. The molecule has 0 amide bonds. The van der Waals surface area contributed by atoms with Crippen LogP contribution in [0.5, 0.6) is 5.75 Å². The Morgan fingerprint density at radius 3 is 2.21 bits per heavy atom. The zero-order valence-corrected chi connectivity index (χ0v) is 11.3. The molecule has 19 heavy (non-hydrogen) atoms. The van der Waals surface area contributed by atoms with Crippen LogP contribution in [0.25, 0.3) is 0 Å². The Kier molecular flexibility index (Phi) is 4.30. The second kappa shape index (κ2) is 5.95. The van der Waals surface area contributed by atoms with E-state index in [1.54, 1.807) is 0 Å². The highest BCUT2D eigenvalue weighted by molar-refractivity contribution is 6.39. The van der Waals surface area contributed by atoms with Gasteiger partial charge in [-0.3, -0.25) is 0 Å². The molecule has 0 spiro atoms. The fourth-order valence-electron chi connectivity index (χ4n) is 1.58. The van der Waals surface area contributed by atoms with Gasteiger partial charge in [0.05, 0.1) is 15.6 Å². The third-order valence-electron chi connectivity index (χ3n) is 2.48. The van der Waals surface area contributed by atoms with E-state index in [4.69, 9.17) is 33.0 Å². The zero-order valence-electron chi connectivity index (χ0n) is 9.77. The Morgan fingerprint density at radius 1 is 1.11 bits per heavy atom. The van der Waals surface area contributed by atoms with Crippen molar-refractivity contribution in [1.29, 1.82) is 0 Å². The number of aromatic carboxylic acids is 1. The molecule has 0 saturated heterocycles. The van der Waals surface area contributed by atoms with Gasteiger partial charge >= 0.3 is 5.97 Å². The van der Waals surface area contributed by atoms with Crippen LogP contribution in [-0.4, -0.2) is 11.1 Å². The third kappa shape index (κ3) is 3.40. The van der Waals surface area contributed by atoms with Gasteiger partial charge in [-0.1, -0.05) is 53.5 Å². The first kappa shape index (κ1) is 13.7. The van der Waals surface area contributed by atoms with Crippen LogP contribution < -0.4 is 4.74 Å². The molecule has 0 heterocycles. The van der Waals surface area contributed by atoms with Crippen molar-refractivity contribution in [2.24, 2.45) is 0 Å². The van der Waals surface area contributed by atoms with Gasteiger partial charge < -0.3 is 9.84 Å². The molecular formula is C14H10Cl2O3. The molecule has 0 unspecified atom stereocenters. The summed E-state index contributed by atoms with van der Waals surface area (Å²) < 4.78 is 5.53. The normalized spacial score (nSPS) is 10.2. The summed E-state index contributed by atoms with van der Waals surface area (Å²) in [6, 6.07) is 12.5. The van der Waals surface area contributed by atoms with E-state index in [9.17, 15) is 4.79 Å². The molecule has 2 rings (SSSR count). The topological polar surface area (TPSA) is 46.5 Å². The van der Waals surface area contributed by atoms with Crippen LogP contribution in [0, 0.1) is 0 Å². The Hall–Kier alpha value is -1.71. The molecule has 0 aromatic heterocycles. The molecule has 3 nitrogen and oxygen atoms in total. The van der Waals surface area contributed by atoms with Gasteiger partial charge in [-0.05, 0) is 17.7 Å². The molecule has 0 aliphatic carbocycles. The van der Waals surface area contributed by atoms with Crippen molar-refractivity contribution in [3.8, 4) is 5.75 Å². The van der Waals surface area contributed by atoms with Gasteiger partial charge in [0.2, 0.25) is 0 Å². The van der Waals surface area contributed by atoms with Gasteiger partial charge in [-0.15, -0.1) is 0 Å². The van der Waals surface area contributed by atoms with E-state index < -0.39 is 5.97 Å². The van der Waals surface area contributed by atoms with Crippen LogP contribution in [0.1, 0.15) is 15.9 Å². The van der Waals surface area contributed by atoms with Crippen molar-refractivity contribution in [3.63, 3.8) is 0 Å². The van der Waals surface area contributed by atoms with Crippen molar-refractivity contribution < 1.29 is 14.6 Å². The van der Waals surface area contributed by atoms with Crippen molar-refractivity contribution >= 4 is 29.2 Å². The summed E-state index contributed by atoms with van der Waals surface area (Å²) in [4.78, 5) is 10.9. The first-order valence-corrected chi connectivity index (χ1v) is 6.22. The summed E-state index contributed by atoms with van der Waals surface area (Å²) in [6.07, 6.45) is 0. The minimum Gasteiger partial charge on any atom is -0.489 e. The van der Waals surface area contributed by atoms with Crippen LogP contribution in [0.3, 0.4) is 0 Å². The molecule has 0 aliphatic rings. The number of ether oxygens (including phenoxy) is 1. The van der Waals surface area contributed by atoms with Crippen LogP contribution in [0.15, 0.2) is 42.5 Å². The number of carboxylic acids is 1. The highest BCUT2D eigenvalue weighted by Gasteiger charge is 2.15. The fraction of sp³-hybridized carbons (Fsp3) is 0.0714. The van der Waals surface area contributed by atoms with Gasteiger partial charge in [-0.2, -0.15) is 0 Å². The van der Waals surface area contributed by atoms with Crippen LogP contribution >= 0.6 is 23.2 Å². The second-order valence-corrected chi connectivity index (χ2v) is 4.66. The van der Waals surface area contributed by atoms with Crippen molar-refractivity contribution in [1.82, 2.24) is 0 Å². The summed E-state index contributed by atoms with van der Waals surface area (Å²) >= 11 is 11.7. The highest BCUT2D eigenvalue weighted by atomic mass is 35.5. The van der Waals surface area contributed by atoms with E-state index in [0.717, 1.165) is 5.56 Å². The maximum Gasteiger partial charge on any atom is 0.338 e. The molecule has 2 aromatic carbocycles. The lowest BCUT2D eigenvalue weighted by molar-refractivity contribution is 0.0697. The molecule has 5 heteroatoms. The second-order valence-electron chi connectivity index (χ2n) is 3.84. The van der Waals surface area contributed by atoms with Crippen molar-refractivity contribution in [3.05, 3.63) is 63.6 Å². The molecule has 1 N–H and O–H groups in total. The van der Waals surface area contributed by atoms with Crippen LogP contribution in [0.4, 0.5) is 0 Å². The molecule has 0 radical (unpaired) electrons. The number of hydrogen-bond donors (Lipinski definition) is 1. The molecule has 2 aromatic rings. The van der Waals surface area contributed by atoms with Gasteiger partial charge in [-0.25, -0.2) is 4.79 Å². The summed E-state index contributed by atoms with van der Waals surface area (Å²) in [7, 11) is 0. The molecular weight excluding hydrogens is 287 g/mol. The minimum absolute atomic E-state index is 0.0584. The summed E-state index contributed by atoms with van der Waals surface area (Å²) in [5.74, 6) is -0.728. The van der Waals surface area contributed by atoms with Crippen LogP contribution in [-0.2, 0) is 6.61 Å². The van der Waals surface area contributed by atoms with Gasteiger partial charge in [0, 0.05) is 0 Å². The summed E-state index contributed by atoms with van der Waals surface area (Å²) in [5.41, 5.74) is 0.882. The van der Waals surface area contributed by atoms with Gasteiger partial charge in [0.1, 0.15) is 12.4 Å². The number of carboxylic acid groups (broad SMARTS) is 1. The van der Waals surface area contributed by atoms with E-state index in [1.807, 2.05) is 30.3 Å². The van der Waals surface area contributed by atoms with E-state index >= 15 is 0 Å². The third-order valence-corrected chi connectivity index (χ3v) is 3.07. The lowest BCUT2D eigenvalue weighted by atomic mass is 10.2. The van der Waals surface area contributed by atoms with E-state index in [1.165, 1.54) is 12.1 Å². The number of rotatable bonds is 4. The Balaban J connectivity index is 2.16. The smallest absolute Gasteiger partial charge is 0.338 e. The first-order valence-electron chi connectivity index (χ1n) is 5.47. The van der Waals surface area contributed by atoms with Gasteiger partial charge in [0.25, 0.3) is 0 Å². The number of halogens is 2. The lowest BCUT2D eigenvalue weighted by Gasteiger charge is -2.09. The van der Waals surface area contributed by atoms with Crippen molar-refractivity contribution in [2.75, 3.05) is 0 Å².